The van der Waals surface area contributed by atoms with E-state index < -0.39 is 11.2 Å². The number of pyridine rings is 1. The summed E-state index contributed by atoms with van der Waals surface area (Å²) in [4.78, 5) is 31.6. The maximum atomic E-state index is 13.2. The molecule has 2 aliphatic carbocycles. The fourth-order valence-electron chi connectivity index (χ4n) is 4.30. The highest BCUT2D eigenvalue weighted by Gasteiger charge is 2.49. The van der Waals surface area contributed by atoms with Gasteiger partial charge in [0, 0.05) is 30.2 Å². The topological polar surface area (TPSA) is 80.8 Å². The molecule has 2 aliphatic rings. The van der Waals surface area contributed by atoms with Gasteiger partial charge in [-0.25, -0.2) is 14.6 Å². The predicted octanol–water partition coefficient (Wildman–Crippen LogP) is 5.77. The fourth-order valence-corrected chi connectivity index (χ4v) is 4.53. The molecule has 32 heavy (non-hydrogen) atoms. The highest BCUT2D eigenvalue weighted by atomic mass is 79.9. The Morgan fingerprint density at radius 3 is 2.19 bits per heavy atom. The van der Waals surface area contributed by atoms with E-state index in [2.05, 4.69) is 32.3 Å². The SMILES string of the molecule is CC(C)(C)OC(=O)NC1CCC(N(C(=O)OC(C)(C)C)[C@@H]2C[C@H]2c2ccc(Br)nc2)CC1. The third kappa shape index (κ3) is 7.09. The minimum atomic E-state index is -0.547. The van der Waals surface area contributed by atoms with Crippen LogP contribution < -0.4 is 5.32 Å². The van der Waals surface area contributed by atoms with Crippen molar-refractivity contribution < 1.29 is 19.1 Å². The summed E-state index contributed by atoms with van der Waals surface area (Å²) in [6.45, 7) is 11.3. The van der Waals surface area contributed by atoms with Crippen LogP contribution >= 0.6 is 15.9 Å². The van der Waals surface area contributed by atoms with Gasteiger partial charge in [0.25, 0.3) is 0 Å². The van der Waals surface area contributed by atoms with Gasteiger partial charge in [-0.2, -0.15) is 0 Å². The second-order valence-corrected chi connectivity index (χ2v) is 11.7. The summed E-state index contributed by atoms with van der Waals surface area (Å²) in [5.74, 6) is 0.278. The monoisotopic (exact) mass is 509 g/mol. The van der Waals surface area contributed by atoms with Crippen molar-refractivity contribution in [2.24, 2.45) is 0 Å². The Morgan fingerprint density at radius 1 is 1.03 bits per heavy atom. The normalized spacial score (nSPS) is 25.6. The van der Waals surface area contributed by atoms with Crippen LogP contribution in [-0.2, 0) is 9.47 Å². The molecular formula is C24H36BrN3O4. The molecule has 0 radical (unpaired) electrons. The van der Waals surface area contributed by atoms with Gasteiger partial charge < -0.3 is 19.7 Å². The highest BCUT2D eigenvalue weighted by Crippen LogP contribution is 2.47. The quantitative estimate of drug-likeness (QED) is 0.520. The van der Waals surface area contributed by atoms with Crippen LogP contribution in [0.4, 0.5) is 9.59 Å². The fraction of sp³-hybridized carbons (Fsp3) is 0.708. The average molecular weight is 510 g/mol. The van der Waals surface area contributed by atoms with E-state index in [1.807, 2.05) is 58.7 Å². The molecule has 0 aromatic carbocycles. The van der Waals surface area contributed by atoms with Crippen LogP contribution in [0.1, 0.15) is 85.1 Å². The molecule has 178 valence electrons. The molecule has 1 aromatic heterocycles. The van der Waals surface area contributed by atoms with Crippen molar-refractivity contribution in [2.45, 2.75) is 109 Å². The minimum absolute atomic E-state index is 0.0623. The molecule has 8 heteroatoms. The van der Waals surface area contributed by atoms with Gasteiger partial charge in [-0.1, -0.05) is 6.07 Å². The van der Waals surface area contributed by atoms with Crippen molar-refractivity contribution in [3.63, 3.8) is 0 Å². The Morgan fingerprint density at radius 2 is 1.66 bits per heavy atom. The van der Waals surface area contributed by atoms with Crippen LogP contribution in [0.2, 0.25) is 0 Å². The molecule has 2 atom stereocenters. The predicted molar refractivity (Wildman–Crippen MR) is 127 cm³/mol. The first-order valence-corrected chi connectivity index (χ1v) is 12.2. The summed E-state index contributed by atoms with van der Waals surface area (Å²) in [5, 5.41) is 2.98. The average Bonchev–Trinajstić information content (AvgIpc) is 3.41. The number of halogens is 1. The second-order valence-electron chi connectivity index (χ2n) is 10.9. The zero-order chi connectivity index (χ0) is 23.7. The summed E-state index contributed by atoms with van der Waals surface area (Å²) in [7, 11) is 0. The lowest BCUT2D eigenvalue weighted by molar-refractivity contribution is 0.00744. The summed E-state index contributed by atoms with van der Waals surface area (Å²) >= 11 is 3.38. The number of alkyl carbamates (subject to hydrolysis) is 1. The van der Waals surface area contributed by atoms with Gasteiger partial charge in [0.2, 0.25) is 0 Å². The molecule has 1 N–H and O–H groups in total. The summed E-state index contributed by atoms with van der Waals surface area (Å²) in [6, 6.07) is 4.28. The molecule has 7 nitrogen and oxygen atoms in total. The van der Waals surface area contributed by atoms with E-state index in [1.54, 1.807) is 0 Å². The lowest BCUT2D eigenvalue weighted by atomic mass is 9.90. The van der Waals surface area contributed by atoms with E-state index >= 15 is 0 Å². The largest absolute Gasteiger partial charge is 0.444 e. The molecule has 2 fully saturated rings. The van der Waals surface area contributed by atoms with Crippen molar-refractivity contribution in [3.8, 4) is 0 Å². The van der Waals surface area contributed by atoms with E-state index in [4.69, 9.17) is 9.47 Å². The Kier molecular flexibility index (Phi) is 7.42. The number of ether oxygens (including phenoxy) is 2. The van der Waals surface area contributed by atoms with Crippen LogP contribution in [0, 0.1) is 0 Å². The smallest absolute Gasteiger partial charge is 0.410 e. The number of carbonyl (C=O) groups is 2. The first kappa shape index (κ1) is 24.8. The summed E-state index contributed by atoms with van der Waals surface area (Å²) in [6.07, 6.45) is 5.42. The third-order valence-corrected chi connectivity index (χ3v) is 6.18. The minimum Gasteiger partial charge on any atom is -0.444 e. The molecule has 0 saturated heterocycles. The van der Waals surface area contributed by atoms with Gasteiger partial charge in [0.1, 0.15) is 15.8 Å². The maximum Gasteiger partial charge on any atom is 0.410 e. The van der Waals surface area contributed by atoms with E-state index in [0.29, 0.717) is 0 Å². The molecule has 0 spiro atoms. The summed E-state index contributed by atoms with van der Waals surface area (Å²) < 4.78 is 12.0. The molecule has 2 saturated carbocycles. The Labute approximate surface area is 199 Å². The van der Waals surface area contributed by atoms with Crippen LogP contribution in [0.25, 0.3) is 0 Å². The van der Waals surface area contributed by atoms with Gasteiger partial charge >= 0.3 is 12.2 Å². The van der Waals surface area contributed by atoms with Gasteiger partial charge in [0.15, 0.2) is 0 Å². The first-order valence-electron chi connectivity index (χ1n) is 11.4. The molecule has 1 aromatic rings. The van der Waals surface area contributed by atoms with E-state index in [9.17, 15) is 9.59 Å². The molecule has 0 unspecified atom stereocenters. The number of nitrogens with one attached hydrogen (secondary N) is 1. The molecule has 0 bridgehead atoms. The number of hydrogen-bond donors (Lipinski definition) is 1. The van der Waals surface area contributed by atoms with Crippen LogP contribution in [0.5, 0.6) is 0 Å². The first-order chi connectivity index (χ1) is 14.8. The van der Waals surface area contributed by atoms with Gasteiger partial charge in [-0.15, -0.1) is 0 Å². The zero-order valence-corrected chi connectivity index (χ0v) is 21.6. The molecule has 3 rings (SSSR count). The lowest BCUT2D eigenvalue weighted by Gasteiger charge is -2.38. The zero-order valence-electron chi connectivity index (χ0n) is 20.0. The molecule has 1 heterocycles. The van der Waals surface area contributed by atoms with Gasteiger partial charge in [0.05, 0.1) is 0 Å². The highest BCUT2D eigenvalue weighted by molar-refractivity contribution is 9.10. The molecule has 2 amide bonds. The van der Waals surface area contributed by atoms with Gasteiger partial charge in [-0.3, -0.25) is 0 Å². The third-order valence-electron chi connectivity index (χ3n) is 5.71. The Hall–Kier alpha value is -1.83. The van der Waals surface area contributed by atoms with Crippen LogP contribution in [0.3, 0.4) is 0 Å². The van der Waals surface area contributed by atoms with Crippen molar-refractivity contribution in [3.05, 3.63) is 28.5 Å². The number of carbonyl (C=O) groups excluding carboxylic acids is 2. The van der Waals surface area contributed by atoms with E-state index in [1.165, 1.54) is 0 Å². The van der Waals surface area contributed by atoms with Crippen LogP contribution in [0.15, 0.2) is 22.9 Å². The van der Waals surface area contributed by atoms with Crippen molar-refractivity contribution in [1.29, 1.82) is 0 Å². The number of rotatable bonds is 4. The van der Waals surface area contributed by atoms with E-state index in [-0.39, 0.29) is 36.2 Å². The van der Waals surface area contributed by atoms with Crippen LogP contribution in [-0.4, -0.2) is 51.4 Å². The molecule has 0 aliphatic heterocycles. The van der Waals surface area contributed by atoms with E-state index in [0.717, 1.165) is 42.3 Å². The van der Waals surface area contributed by atoms with Gasteiger partial charge in [-0.05, 0) is 101 Å². The standard InChI is InChI=1S/C24H36BrN3O4/c1-23(2,3)31-21(29)27-16-8-10-17(11-9-16)28(22(30)32-24(4,5)6)19-13-18(19)15-7-12-20(25)26-14-15/h7,12,14,16-19H,8-11,13H2,1-6H3,(H,27,29)/t16?,17?,18-,19+/m0/s1. The lowest BCUT2D eigenvalue weighted by Crippen LogP contribution is -2.49. The Balaban J connectivity index is 1.64. The second kappa shape index (κ2) is 9.57. The Bertz CT molecular complexity index is 808. The van der Waals surface area contributed by atoms with Crippen molar-refractivity contribution in [1.82, 2.24) is 15.2 Å². The van der Waals surface area contributed by atoms with Crippen molar-refractivity contribution >= 4 is 28.1 Å². The summed E-state index contributed by atoms with van der Waals surface area (Å²) in [5.41, 5.74) is 0.0819. The van der Waals surface area contributed by atoms with Crippen molar-refractivity contribution in [2.75, 3.05) is 0 Å². The number of aromatic nitrogens is 1. The number of nitrogens with zero attached hydrogens (tertiary/aromatic N) is 2. The number of amides is 2. The maximum absolute atomic E-state index is 13.2. The number of hydrogen-bond acceptors (Lipinski definition) is 5. The molecular weight excluding hydrogens is 474 g/mol.